The third-order valence-electron chi connectivity index (χ3n) is 2.37. The quantitative estimate of drug-likeness (QED) is 0.867. The Bertz CT molecular complexity index is 386. The van der Waals surface area contributed by atoms with Crippen molar-refractivity contribution >= 4 is 17.4 Å². The fourth-order valence-corrected chi connectivity index (χ4v) is 1.80. The van der Waals surface area contributed by atoms with Gasteiger partial charge in [0.25, 0.3) is 6.43 Å². The number of hydrogen-bond donors (Lipinski definition) is 1. The highest BCUT2D eigenvalue weighted by atomic mass is 35.5. The smallest absolute Gasteiger partial charge is 0.255 e. The van der Waals surface area contributed by atoms with Crippen LogP contribution in [-0.2, 0) is 6.54 Å². The molecule has 3 nitrogen and oxygen atoms in total. The lowest BCUT2D eigenvalue weighted by Crippen LogP contribution is -2.25. The molecule has 0 unspecified atom stereocenters. The molecule has 102 valence electrons. The summed E-state index contributed by atoms with van der Waals surface area (Å²) < 4.78 is 24.5. The average Bonchev–Trinajstić information content (AvgIpc) is 2.25. The van der Waals surface area contributed by atoms with Gasteiger partial charge in [0.2, 0.25) is 0 Å². The summed E-state index contributed by atoms with van der Waals surface area (Å²) in [4.78, 5) is 5.48. The second-order valence-electron chi connectivity index (χ2n) is 4.46. The first-order valence-electron chi connectivity index (χ1n) is 5.77. The normalized spacial score (nSPS) is 11.3. The van der Waals surface area contributed by atoms with E-state index >= 15 is 0 Å². The average molecular weight is 278 g/mol. The number of halogens is 3. The molecule has 6 heteroatoms. The molecule has 18 heavy (non-hydrogen) atoms. The van der Waals surface area contributed by atoms with Gasteiger partial charge in [0.15, 0.2) is 0 Å². The molecule has 0 bridgehead atoms. The lowest BCUT2D eigenvalue weighted by molar-refractivity contribution is 0.156. The van der Waals surface area contributed by atoms with E-state index in [0.717, 1.165) is 5.56 Å². The van der Waals surface area contributed by atoms with Crippen molar-refractivity contribution in [2.24, 2.45) is 0 Å². The van der Waals surface area contributed by atoms with Gasteiger partial charge in [-0.25, -0.2) is 13.8 Å². The Morgan fingerprint density at radius 1 is 1.44 bits per heavy atom. The maximum Gasteiger partial charge on any atom is 0.255 e. The first kappa shape index (κ1) is 15.1. The predicted molar refractivity (Wildman–Crippen MR) is 70.5 cm³/mol. The van der Waals surface area contributed by atoms with Gasteiger partial charge in [0, 0.05) is 25.8 Å². The summed E-state index contributed by atoms with van der Waals surface area (Å²) in [5.74, 6) is 0.380. The Kier molecular flexibility index (Phi) is 5.75. The fraction of sp³-hybridized carbons (Fsp3) is 0.583. The molecule has 1 heterocycles. The second kappa shape index (κ2) is 6.85. The number of alkyl halides is 2. The molecule has 0 radical (unpaired) electrons. The minimum absolute atomic E-state index is 0.366. The molecule has 0 fully saturated rings. The summed E-state index contributed by atoms with van der Waals surface area (Å²) in [6, 6.07) is 2.12. The van der Waals surface area contributed by atoms with Gasteiger partial charge in [0.1, 0.15) is 5.82 Å². The van der Waals surface area contributed by atoms with Crippen LogP contribution in [0.25, 0.3) is 0 Å². The van der Waals surface area contributed by atoms with Crippen molar-refractivity contribution in [2.45, 2.75) is 32.9 Å². The number of pyridine rings is 1. The van der Waals surface area contributed by atoms with E-state index in [4.69, 9.17) is 11.6 Å². The molecule has 0 saturated heterocycles. The van der Waals surface area contributed by atoms with Crippen LogP contribution in [0.5, 0.6) is 0 Å². The number of aromatic nitrogens is 1. The Morgan fingerprint density at radius 2 is 2.11 bits per heavy atom. The highest BCUT2D eigenvalue weighted by molar-refractivity contribution is 6.33. The molecular formula is C12H18ClF2N3. The zero-order chi connectivity index (χ0) is 13.7. The van der Waals surface area contributed by atoms with Crippen LogP contribution in [0.3, 0.4) is 0 Å². The van der Waals surface area contributed by atoms with Crippen molar-refractivity contribution in [3.05, 3.63) is 22.8 Å². The maximum absolute atomic E-state index is 12.3. The van der Waals surface area contributed by atoms with Crippen LogP contribution >= 0.6 is 11.6 Å². The highest BCUT2D eigenvalue weighted by Gasteiger charge is 2.13. The van der Waals surface area contributed by atoms with Gasteiger partial charge in [-0.15, -0.1) is 0 Å². The molecule has 0 aliphatic rings. The van der Waals surface area contributed by atoms with Crippen LogP contribution in [0, 0.1) is 0 Å². The summed E-state index contributed by atoms with van der Waals surface area (Å²) in [5.41, 5.74) is 0.933. The SMILES string of the molecule is CC(C)NCc1cnc(N(C)CC(F)F)c(Cl)c1. The molecular weight excluding hydrogens is 260 g/mol. The van der Waals surface area contributed by atoms with E-state index in [2.05, 4.69) is 10.3 Å². The van der Waals surface area contributed by atoms with Crippen LogP contribution in [0.4, 0.5) is 14.6 Å². The van der Waals surface area contributed by atoms with Crippen molar-refractivity contribution in [3.8, 4) is 0 Å². The number of anilines is 1. The van der Waals surface area contributed by atoms with E-state index in [1.165, 1.54) is 4.90 Å². The van der Waals surface area contributed by atoms with Crippen molar-refractivity contribution in [1.82, 2.24) is 10.3 Å². The van der Waals surface area contributed by atoms with Gasteiger partial charge < -0.3 is 10.2 Å². The third kappa shape index (κ3) is 4.74. The maximum atomic E-state index is 12.3. The standard InChI is InChI=1S/C12H18ClF2N3/c1-8(2)16-5-9-4-10(13)12(17-6-9)18(3)7-11(14)15/h4,6,8,11,16H,5,7H2,1-3H3. The third-order valence-corrected chi connectivity index (χ3v) is 2.64. The molecule has 1 aromatic heterocycles. The lowest BCUT2D eigenvalue weighted by Gasteiger charge is -2.19. The van der Waals surface area contributed by atoms with Gasteiger partial charge in [-0.3, -0.25) is 0 Å². The second-order valence-corrected chi connectivity index (χ2v) is 4.86. The minimum atomic E-state index is -2.41. The van der Waals surface area contributed by atoms with Gasteiger partial charge >= 0.3 is 0 Å². The summed E-state index contributed by atoms with van der Waals surface area (Å²) in [7, 11) is 1.55. The van der Waals surface area contributed by atoms with Gasteiger partial charge in [-0.1, -0.05) is 25.4 Å². The molecule has 0 aromatic carbocycles. The van der Waals surface area contributed by atoms with E-state index < -0.39 is 6.43 Å². The molecule has 0 saturated carbocycles. The van der Waals surface area contributed by atoms with E-state index in [9.17, 15) is 8.78 Å². The van der Waals surface area contributed by atoms with Crippen molar-refractivity contribution in [2.75, 3.05) is 18.5 Å². The summed E-state index contributed by atoms with van der Waals surface area (Å²) >= 11 is 6.05. The number of hydrogen-bond acceptors (Lipinski definition) is 3. The molecule has 0 atom stereocenters. The lowest BCUT2D eigenvalue weighted by atomic mass is 10.2. The van der Waals surface area contributed by atoms with Crippen LogP contribution in [0.2, 0.25) is 5.02 Å². The van der Waals surface area contributed by atoms with E-state index in [-0.39, 0.29) is 6.54 Å². The van der Waals surface area contributed by atoms with Gasteiger partial charge in [0.05, 0.1) is 11.6 Å². The van der Waals surface area contributed by atoms with Crippen molar-refractivity contribution < 1.29 is 8.78 Å². The molecule has 0 aliphatic carbocycles. The Balaban J connectivity index is 2.73. The zero-order valence-corrected chi connectivity index (χ0v) is 11.5. The Morgan fingerprint density at radius 3 is 2.61 bits per heavy atom. The van der Waals surface area contributed by atoms with E-state index in [1.54, 1.807) is 19.3 Å². The van der Waals surface area contributed by atoms with Crippen molar-refractivity contribution in [3.63, 3.8) is 0 Å². The van der Waals surface area contributed by atoms with Gasteiger partial charge in [-0.2, -0.15) is 0 Å². The minimum Gasteiger partial charge on any atom is -0.353 e. The predicted octanol–water partition coefficient (Wildman–Crippen LogP) is 2.93. The molecule has 1 rings (SSSR count). The van der Waals surface area contributed by atoms with E-state index in [1.807, 2.05) is 13.8 Å². The molecule has 0 amide bonds. The molecule has 0 spiro atoms. The van der Waals surface area contributed by atoms with Crippen LogP contribution in [0.15, 0.2) is 12.3 Å². The number of rotatable bonds is 6. The van der Waals surface area contributed by atoms with Crippen LogP contribution in [0.1, 0.15) is 19.4 Å². The number of nitrogens with zero attached hydrogens (tertiary/aromatic N) is 2. The largest absolute Gasteiger partial charge is 0.353 e. The molecule has 1 aromatic rings. The van der Waals surface area contributed by atoms with Crippen LogP contribution < -0.4 is 10.2 Å². The zero-order valence-electron chi connectivity index (χ0n) is 10.8. The topological polar surface area (TPSA) is 28.2 Å². The van der Waals surface area contributed by atoms with Gasteiger partial charge in [-0.05, 0) is 11.6 Å². The first-order valence-corrected chi connectivity index (χ1v) is 6.15. The van der Waals surface area contributed by atoms with Crippen LogP contribution in [-0.4, -0.2) is 31.0 Å². The summed E-state index contributed by atoms with van der Waals surface area (Å²) in [6.07, 6.45) is -0.756. The first-order chi connectivity index (χ1) is 8.40. The summed E-state index contributed by atoms with van der Waals surface area (Å²) in [5, 5.41) is 3.63. The Hall–Kier alpha value is -0.940. The van der Waals surface area contributed by atoms with E-state index in [0.29, 0.717) is 23.4 Å². The fourth-order valence-electron chi connectivity index (χ4n) is 1.46. The highest BCUT2D eigenvalue weighted by Crippen LogP contribution is 2.23. The Labute approximate surface area is 111 Å². The van der Waals surface area contributed by atoms with Crippen molar-refractivity contribution in [1.29, 1.82) is 0 Å². The number of nitrogens with one attached hydrogen (secondary N) is 1. The molecule has 0 aliphatic heterocycles. The monoisotopic (exact) mass is 277 g/mol. The summed E-state index contributed by atoms with van der Waals surface area (Å²) in [6.45, 7) is 4.36. The molecule has 1 N–H and O–H groups in total.